The Morgan fingerprint density at radius 3 is 2.64 bits per heavy atom. The number of hydrogen-bond acceptors (Lipinski definition) is 2. The minimum atomic E-state index is -1.04. The molecule has 0 aromatic heterocycles. The van der Waals surface area contributed by atoms with Crippen LogP contribution in [0.4, 0.5) is 4.79 Å². The Kier molecular flexibility index (Phi) is 6.57. The van der Waals surface area contributed by atoms with Gasteiger partial charge in [-0.15, -0.1) is 0 Å². The molecule has 0 aromatic rings. The summed E-state index contributed by atoms with van der Waals surface area (Å²) in [6.07, 6.45) is 4.21. The van der Waals surface area contributed by atoms with Gasteiger partial charge in [0.2, 0.25) is 0 Å². The first-order valence-corrected chi connectivity index (χ1v) is 4.71. The summed E-state index contributed by atoms with van der Waals surface area (Å²) in [5, 5.41) is 19.6. The monoisotopic (exact) mass is 261 g/mol. The van der Waals surface area contributed by atoms with Crippen LogP contribution in [-0.4, -0.2) is 22.9 Å². The van der Waals surface area contributed by atoms with Crippen molar-refractivity contribution < 1.29 is 15.0 Å². The lowest BCUT2D eigenvalue weighted by Crippen LogP contribution is -2.21. The molecule has 5 heteroatoms. The lowest BCUT2D eigenvalue weighted by Gasteiger charge is -1.96. The van der Waals surface area contributed by atoms with Gasteiger partial charge < -0.3 is 15.5 Å². The Labute approximate surface area is 90.8 Å². The van der Waals surface area contributed by atoms with Gasteiger partial charge in [0.1, 0.15) is 5.76 Å². The second kappa shape index (κ2) is 7.20. The van der Waals surface area contributed by atoms with Crippen molar-refractivity contribution in [2.24, 2.45) is 0 Å². The van der Waals surface area contributed by atoms with Gasteiger partial charge >= 0.3 is 6.09 Å². The highest BCUT2D eigenvalue weighted by Crippen LogP contribution is 2.12. The highest BCUT2D eigenvalue weighted by Gasteiger charge is 1.93. The van der Waals surface area contributed by atoms with Crippen molar-refractivity contribution in [3.05, 3.63) is 35.0 Å². The van der Waals surface area contributed by atoms with Crippen molar-refractivity contribution in [2.75, 3.05) is 6.54 Å². The van der Waals surface area contributed by atoms with E-state index in [0.29, 0.717) is 17.4 Å². The fourth-order valence-electron chi connectivity index (χ4n) is 0.632. The maximum atomic E-state index is 10.0. The third-order valence-electron chi connectivity index (χ3n) is 1.29. The molecule has 0 aliphatic carbocycles. The zero-order valence-electron chi connectivity index (χ0n) is 7.53. The van der Waals surface area contributed by atoms with Crippen molar-refractivity contribution in [3.63, 3.8) is 0 Å². The first-order valence-electron chi connectivity index (χ1n) is 3.92. The van der Waals surface area contributed by atoms with Gasteiger partial charge in [0.05, 0.1) is 4.48 Å². The normalized spacial score (nSPS) is 12.4. The Morgan fingerprint density at radius 2 is 2.14 bits per heavy atom. The third kappa shape index (κ3) is 6.30. The summed E-state index contributed by atoms with van der Waals surface area (Å²) in [5.74, 6) is 0.0486. The van der Waals surface area contributed by atoms with Gasteiger partial charge in [-0.05, 0) is 34.5 Å². The number of aliphatic hydroxyl groups excluding tert-OH is 1. The molecule has 0 atom stereocenters. The van der Waals surface area contributed by atoms with Crippen molar-refractivity contribution >= 4 is 22.0 Å². The van der Waals surface area contributed by atoms with Crippen LogP contribution in [0.5, 0.6) is 0 Å². The van der Waals surface area contributed by atoms with Gasteiger partial charge in [-0.3, -0.25) is 0 Å². The van der Waals surface area contributed by atoms with E-state index in [1.54, 1.807) is 12.2 Å². The van der Waals surface area contributed by atoms with Crippen molar-refractivity contribution in [1.82, 2.24) is 5.32 Å². The zero-order valence-corrected chi connectivity index (χ0v) is 9.12. The van der Waals surface area contributed by atoms with Crippen molar-refractivity contribution in [3.8, 4) is 0 Å². The van der Waals surface area contributed by atoms with Gasteiger partial charge in [0.15, 0.2) is 0 Å². The molecule has 0 fully saturated rings. The Bertz CT molecular complexity index is 271. The average molecular weight is 262 g/mol. The topological polar surface area (TPSA) is 69.6 Å². The molecule has 78 valence electrons. The summed E-state index contributed by atoms with van der Waals surface area (Å²) >= 11 is 3.12. The van der Waals surface area contributed by atoms with Gasteiger partial charge in [-0.25, -0.2) is 4.79 Å². The molecule has 0 aliphatic rings. The van der Waals surface area contributed by atoms with E-state index in [2.05, 4.69) is 27.8 Å². The molecule has 0 bridgehead atoms. The number of nitrogens with one attached hydrogen (secondary N) is 1. The first kappa shape index (κ1) is 12.8. The standard InChI is InChI=1S/C9H12BrNO3/c1-2-8(12)7(10)5-3-4-6-11-9(13)14/h2-3,5,11-12H,1,4,6H2,(H,13,14)/b5-3-,8-7-. The van der Waals surface area contributed by atoms with E-state index in [1.165, 1.54) is 6.08 Å². The molecule has 14 heavy (non-hydrogen) atoms. The zero-order chi connectivity index (χ0) is 11.0. The predicted molar refractivity (Wildman–Crippen MR) is 58.6 cm³/mol. The lowest BCUT2D eigenvalue weighted by molar-refractivity contribution is 0.194. The number of hydrogen-bond donors (Lipinski definition) is 3. The van der Waals surface area contributed by atoms with Crippen LogP contribution >= 0.6 is 15.9 Å². The van der Waals surface area contributed by atoms with E-state index in [1.807, 2.05) is 0 Å². The Morgan fingerprint density at radius 1 is 1.50 bits per heavy atom. The molecule has 0 saturated carbocycles. The number of aliphatic hydroxyl groups is 1. The fraction of sp³-hybridized carbons (Fsp3) is 0.222. The van der Waals surface area contributed by atoms with Crippen LogP contribution in [0.1, 0.15) is 6.42 Å². The van der Waals surface area contributed by atoms with E-state index < -0.39 is 6.09 Å². The molecular weight excluding hydrogens is 250 g/mol. The molecule has 0 spiro atoms. The van der Waals surface area contributed by atoms with E-state index in [9.17, 15) is 4.79 Å². The molecule has 0 aromatic carbocycles. The summed E-state index contributed by atoms with van der Waals surface area (Å²) in [6, 6.07) is 0. The van der Waals surface area contributed by atoms with E-state index in [-0.39, 0.29) is 5.76 Å². The molecule has 0 unspecified atom stereocenters. The summed E-state index contributed by atoms with van der Waals surface area (Å²) < 4.78 is 0.517. The molecule has 0 radical (unpaired) electrons. The number of carbonyl (C=O) groups is 1. The van der Waals surface area contributed by atoms with Gasteiger partial charge in [-0.2, -0.15) is 0 Å². The van der Waals surface area contributed by atoms with Crippen LogP contribution in [0, 0.1) is 0 Å². The maximum Gasteiger partial charge on any atom is 0.404 e. The van der Waals surface area contributed by atoms with E-state index in [0.717, 1.165) is 0 Å². The fourth-order valence-corrected chi connectivity index (χ4v) is 0.981. The smallest absolute Gasteiger partial charge is 0.404 e. The Hall–Kier alpha value is -1.23. The summed E-state index contributed by atoms with van der Waals surface area (Å²) in [5.41, 5.74) is 0. The number of carboxylic acid groups (broad SMARTS) is 1. The maximum absolute atomic E-state index is 10.0. The Balaban J connectivity index is 3.84. The second-order valence-corrected chi connectivity index (χ2v) is 3.21. The van der Waals surface area contributed by atoms with Crippen LogP contribution in [0.15, 0.2) is 35.0 Å². The third-order valence-corrected chi connectivity index (χ3v) is 1.96. The van der Waals surface area contributed by atoms with Gasteiger partial charge in [0, 0.05) is 6.54 Å². The lowest BCUT2D eigenvalue weighted by atomic mass is 10.3. The highest BCUT2D eigenvalue weighted by atomic mass is 79.9. The van der Waals surface area contributed by atoms with Crippen LogP contribution in [-0.2, 0) is 0 Å². The summed E-state index contributed by atoms with van der Waals surface area (Å²) in [4.78, 5) is 10.0. The van der Waals surface area contributed by atoms with E-state index >= 15 is 0 Å². The molecular formula is C9H12BrNO3. The molecule has 0 rings (SSSR count). The minimum Gasteiger partial charge on any atom is -0.507 e. The largest absolute Gasteiger partial charge is 0.507 e. The van der Waals surface area contributed by atoms with Crippen LogP contribution in [0.3, 0.4) is 0 Å². The predicted octanol–water partition coefficient (Wildman–Crippen LogP) is 2.55. The molecule has 0 aliphatic heterocycles. The van der Waals surface area contributed by atoms with Crippen LogP contribution < -0.4 is 5.32 Å². The van der Waals surface area contributed by atoms with Gasteiger partial charge in [-0.1, -0.05) is 12.7 Å². The average Bonchev–Trinajstić information content (AvgIpc) is 2.15. The summed E-state index contributed by atoms with van der Waals surface area (Å²) in [7, 11) is 0. The number of halogens is 1. The second-order valence-electron chi connectivity index (χ2n) is 2.36. The van der Waals surface area contributed by atoms with Crippen molar-refractivity contribution in [2.45, 2.75) is 6.42 Å². The number of allylic oxidation sites excluding steroid dienone is 3. The molecule has 0 heterocycles. The van der Waals surface area contributed by atoms with Crippen molar-refractivity contribution in [1.29, 1.82) is 0 Å². The SMILES string of the molecule is C=C/C(O)=C(Br)\C=C/CCNC(=O)O. The summed E-state index contributed by atoms with van der Waals surface area (Å²) in [6.45, 7) is 3.74. The molecule has 4 nitrogen and oxygen atoms in total. The first-order chi connectivity index (χ1) is 6.57. The molecule has 1 amide bonds. The minimum absolute atomic E-state index is 0.0486. The van der Waals surface area contributed by atoms with E-state index in [4.69, 9.17) is 10.2 Å². The van der Waals surface area contributed by atoms with Gasteiger partial charge in [0.25, 0.3) is 0 Å². The number of rotatable bonds is 5. The quantitative estimate of drug-likeness (QED) is 0.405. The highest BCUT2D eigenvalue weighted by molar-refractivity contribution is 9.11. The number of amides is 1. The molecule has 0 saturated heterocycles. The van der Waals surface area contributed by atoms with Crippen LogP contribution in [0.25, 0.3) is 0 Å². The van der Waals surface area contributed by atoms with Crippen LogP contribution in [0.2, 0.25) is 0 Å². The molecule has 3 N–H and O–H groups in total.